The molecule has 2 nitrogen and oxygen atoms in total. The maximum atomic E-state index is 10.5. The number of rotatable bonds is 3. The summed E-state index contributed by atoms with van der Waals surface area (Å²) >= 11 is 0. The van der Waals surface area contributed by atoms with Gasteiger partial charge in [-0.1, -0.05) is 48.5 Å². The van der Waals surface area contributed by atoms with Gasteiger partial charge >= 0.3 is 0 Å². The first-order chi connectivity index (χ1) is 9.25. The van der Waals surface area contributed by atoms with Crippen molar-refractivity contribution in [2.24, 2.45) is 0 Å². The van der Waals surface area contributed by atoms with Crippen LogP contribution >= 0.6 is 0 Å². The standard InChI is InChI=1S/C17H16O2/c1-12-17(14-9-5-6-10-16(14)19-12)15(18)11-13-7-3-2-4-8-13/h2-10,15,18H,11H2,1H3. The Balaban J connectivity index is 1.97. The highest BCUT2D eigenvalue weighted by molar-refractivity contribution is 5.82. The first kappa shape index (κ1) is 12.0. The van der Waals surface area contributed by atoms with Gasteiger partial charge in [0.25, 0.3) is 0 Å². The van der Waals surface area contributed by atoms with Crippen LogP contribution in [0.5, 0.6) is 0 Å². The zero-order valence-corrected chi connectivity index (χ0v) is 10.8. The second-order valence-corrected chi connectivity index (χ2v) is 4.77. The van der Waals surface area contributed by atoms with Crippen LogP contribution in [0.3, 0.4) is 0 Å². The lowest BCUT2D eigenvalue weighted by atomic mass is 9.99. The van der Waals surface area contributed by atoms with E-state index in [0.717, 1.165) is 27.9 Å². The van der Waals surface area contributed by atoms with E-state index in [2.05, 4.69) is 0 Å². The summed E-state index contributed by atoms with van der Waals surface area (Å²) in [6, 6.07) is 17.9. The number of aliphatic hydroxyl groups is 1. The fourth-order valence-corrected chi connectivity index (χ4v) is 2.54. The maximum Gasteiger partial charge on any atom is 0.134 e. The largest absolute Gasteiger partial charge is 0.461 e. The van der Waals surface area contributed by atoms with Crippen molar-refractivity contribution in [3.63, 3.8) is 0 Å². The molecule has 1 aromatic heterocycles. The zero-order chi connectivity index (χ0) is 13.2. The zero-order valence-electron chi connectivity index (χ0n) is 10.8. The Labute approximate surface area is 112 Å². The molecule has 1 atom stereocenters. The maximum absolute atomic E-state index is 10.5. The molecule has 0 bridgehead atoms. The number of aryl methyl sites for hydroxylation is 1. The van der Waals surface area contributed by atoms with Crippen LogP contribution < -0.4 is 0 Å². The van der Waals surface area contributed by atoms with Crippen molar-refractivity contribution in [3.8, 4) is 0 Å². The molecule has 1 N–H and O–H groups in total. The third-order valence-electron chi connectivity index (χ3n) is 3.42. The molecule has 3 rings (SSSR count). The molecule has 0 saturated heterocycles. The Hall–Kier alpha value is -2.06. The molecule has 1 unspecified atom stereocenters. The lowest BCUT2D eigenvalue weighted by molar-refractivity contribution is 0.177. The van der Waals surface area contributed by atoms with E-state index in [-0.39, 0.29) is 0 Å². The van der Waals surface area contributed by atoms with Gasteiger partial charge in [-0.25, -0.2) is 0 Å². The highest BCUT2D eigenvalue weighted by Crippen LogP contribution is 2.31. The second kappa shape index (κ2) is 4.90. The summed E-state index contributed by atoms with van der Waals surface area (Å²) in [5, 5.41) is 11.5. The van der Waals surface area contributed by atoms with Crippen LogP contribution in [0, 0.1) is 6.92 Å². The van der Waals surface area contributed by atoms with E-state index in [1.54, 1.807) is 0 Å². The number of hydrogen-bond donors (Lipinski definition) is 1. The molecular formula is C17H16O2. The summed E-state index contributed by atoms with van der Waals surface area (Å²) in [4.78, 5) is 0. The monoisotopic (exact) mass is 252 g/mol. The summed E-state index contributed by atoms with van der Waals surface area (Å²) in [5.41, 5.74) is 2.86. The molecule has 0 aliphatic heterocycles. The molecular weight excluding hydrogens is 236 g/mol. The summed E-state index contributed by atoms with van der Waals surface area (Å²) in [6.07, 6.45) is 0.0663. The van der Waals surface area contributed by atoms with Gasteiger partial charge in [-0.05, 0) is 18.6 Å². The van der Waals surface area contributed by atoms with Crippen LogP contribution in [-0.2, 0) is 6.42 Å². The molecule has 0 amide bonds. The van der Waals surface area contributed by atoms with E-state index in [0.29, 0.717) is 6.42 Å². The van der Waals surface area contributed by atoms with Crippen LogP contribution in [0.1, 0.15) is 23.0 Å². The summed E-state index contributed by atoms with van der Waals surface area (Å²) in [7, 11) is 0. The predicted octanol–water partition coefficient (Wildman–Crippen LogP) is 4.02. The number of fused-ring (bicyclic) bond motifs is 1. The fraction of sp³-hybridized carbons (Fsp3) is 0.176. The van der Waals surface area contributed by atoms with Crippen LogP contribution in [0.25, 0.3) is 11.0 Å². The van der Waals surface area contributed by atoms with Crippen LogP contribution in [0.2, 0.25) is 0 Å². The highest BCUT2D eigenvalue weighted by atomic mass is 16.3. The first-order valence-corrected chi connectivity index (χ1v) is 6.45. The van der Waals surface area contributed by atoms with Crippen LogP contribution in [0.15, 0.2) is 59.0 Å². The third-order valence-corrected chi connectivity index (χ3v) is 3.42. The van der Waals surface area contributed by atoms with E-state index in [1.165, 1.54) is 0 Å². The van der Waals surface area contributed by atoms with E-state index in [1.807, 2.05) is 61.5 Å². The van der Waals surface area contributed by atoms with E-state index in [4.69, 9.17) is 4.42 Å². The molecule has 1 heterocycles. The summed E-state index contributed by atoms with van der Waals surface area (Å²) in [5.74, 6) is 0.796. The first-order valence-electron chi connectivity index (χ1n) is 6.45. The Morgan fingerprint density at radius 1 is 1.00 bits per heavy atom. The van der Waals surface area contributed by atoms with Gasteiger partial charge in [0.15, 0.2) is 0 Å². The molecule has 2 heteroatoms. The minimum absolute atomic E-state index is 0.536. The normalized spacial score (nSPS) is 12.7. The van der Waals surface area contributed by atoms with Crippen molar-refractivity contribution in [2.75, 3.05) is 0 Å². The average Bonchev–Trinajstić information content (AvgIpc) is 2.75. The minimum atomic E-state index is -0.536. The smallest absolute Gasteiger partial charge is 0.134 e. The van der Waals surface area contributed by atoms with Gasteiger partial charge in [0, 0.05) is 17.4 Å². The van der Waals surface area contributed by atoms with Gasteiger partial charge in [0.2, 0.25) is 0 Å². The SMILES string of the molecule is Cc1oc2ccccc2c1C(O)Cc1ccccc1. The lowest BCUT2D eigenvalue weighted by Gasteiger charge is -2.10. The number of hydrogen-bond acceptors (Lipinski definition) is 2. The summed E-state index contributed by atoms with van der Waals surface area (Å²) < 4.78 is 5.70. The fourth-order valence-electron chi connectivity index (χ4n) is 2.54. The molecule has 0 aliphatic rings. The molecule has 96 valence electrons. The molecule has 0 radical (unpaired) electrons. The molecule has 19 heavy (non-hydrogen) atoms. The number of para-hydroxylation sites is 1. The van der Waals surface area contributed by atoms with Gasteiger partial charge < -0.3 is 9.52 Å². The second-order valence-electron chi connectivity index (χ2n) is 4.77. The molecule has 3 aromatic rings. The van der Waals surface area contributed by atoms with Crippen LogP contribution in [0.4, 0.5) is 0 Å². The van der Waals surface area contributed by atoms with Crippen molar-refractivity contribution in [1.82, 2.24) is 0 Å². The Bertz CT molecular complexity index is 683. The average molecular weight is 252 g/mol. The van der Waals surface area contributed by atoms with E-state index in [9.17, 15) is 5.11 Å². The van der Waals surface area contributed by atoms with Crippen molar-refractivity contribution >= 4 is 11.0 Å². The van der Waals surface area contributed by atoms with E-state index < -0.39 is 6.10 Å². The van der Waals surface area contributed by atoms with Gasteiger partial charge in [0.05, 0.1) is 6.10 Å². The number of aliphatic hydroxyl groups excluding tert-OH is 1. The topological polar surface area (TPSA) is 33.4 Å². The minimum Gasteiger partial charge on any atom is -0.461 e. The number of furan rings is 1. The van der Waals surface area contributed by atoms with Gasteiger partial charge in [-0.15, -0.1) is 0 Å². The summed E-state index contributed by atoms with van der Waals surface area (Å²) in [6.45, 7) is 1.91. The predicted molar refractivity (Wildman–Crippen MR) is 76.1 cm³/mol. The molecule has 0 spiro atoms. The molecule has 2 aromatic carbocycles. The number of benzene rings is 2. The van der Waals surface area contributed by atoms with Crippen LogP contribution in [-0.4, -0.2) is 5.11 Å². The quantitative estimate of drug-likeness (QED) is 0.763. The molecule has 0 saturated carbocycles. The Morgan fingerprint density at radius 2 is 1.68 bits per heavy atom. The van der Waals surface area contributed by atoms with Crippen molar-refractivity contribution < 1.29 is 9.52 Å². The third kappa shape index (κ3) is 2.27. The van der Waals surface area contributed by atoms with E-state index >= 15 is 0 Å². The lowest BCUT2D eigenvalue weighted by Crippen LogP contribution is -2.02. The van der Waals surface area contributed by atoms with Crippen molar-refractivity contribution in [3.05, 3.63) is 71.5 Å². The van der Waals surface area contributed by atoms with Crippen molar-refractivity contribution in [1.29, 1.82) is 0 Å². The van der Waals surface area contributed by atoms with Gasteiger partial charge in [-0.2, -0.15) is 0 Å². The molecule has 0 fully saturated rings. The van der Waals surface area contributed by atoms with Crippen molar-refractivity contribution in [2.45, 2.75) is 19.4 Å². The highest BCUT2D eigenvalue weighted by Gasteiger charge is 2.18. The van der Waals surface area contributed by atoms with Gasteiger partial charge in [0.1, 0.15) is 11.3 Å². The Morgan fingerprint density at radius 3 is 2.47 bits per heavy atom. The molecule has 0 aliphatic carbocycles. The Kier molecular flexibility index (Phi) is 3.10. The van der Waals surface area contributed by atoms with Gasteiger partial charge in [-0.3, -0.25) is 0 Å².